The monoisotopic (exact) mass is 314 g/mol. The second kappa shape index (κ2) is 8.12. The SMILES string of the molecule is CC(C)CCOC1(C)CCC(C)(OCCOC(C)(C)C)CC1. The van der Waals surface area contributed by atoms with Crippen molar-refractivity contribution in [2.45, 2.75) is 97.4 Å². The van der Waals surface area contributed by atoms with Crippen molar-refractivity contribution in [2.75, 3.05) is 19.8 Å². The van der Waals surface area contributed by atoms with Crippen LogP contribution in [0.5, 0.6) is 0 Å². The topological polar surface area (TPSA) is 27.7 Å². The molecule has 0 aromatic heterocycles. The third-order valence-corrected chi connectivity index (χ3v) is 4.58. The molecular weight excluding hydrogens is 276 g/mol. The second-order valence-electron chi connectivity index (χ2n) is 8.74. The van der Waals surface area contributed by atoms with E-state index in [1.165, 1.54) is 0 Å². The Morgan fingerprint density at radius 1 is 0.818 bits per heavy atom. The van der Waals surface area contributed by atoms with Crippen LogP contribution < -0.4 is 0 Å². The molecule has 1 aliphatic rings. The predicted octanol–water partition coefficient (Wildman–Crippen LogP) is 4.97. The highest BCUT2D eigenvalue weighted by Crippen LogP contribution is 2.39. The van der Waals surface area contributed by atoms with Crippen LogP contribution in [0.1, 0.15) is 80.6 Å². The van der Waals surface area contributed by atoms with Gasteiger partial charge in [0.25, 0.3) is 0 Å². The van der Waals surface area contributed by atoms with Crippen LogP contribution in [0.2, 0.25) is 0 Å². The third-order valence-electron chi connectivity index (χ3n) is 4.58. The Kier molecular flexibility index (Phi) is 7.35. The summed E-state index contributed by atoms with van der Waals surface area (Å²) in [7, 11) is 0. The maximum atomic E-state index is 6.16. The molecule has 0 bridgehead atoms. The van der Waals surface area contributed by atoms with Gasteiger partial charge in [-0.1, -0.05) is 13.8 Å². The molecule has 0 aromatic carbocycles. The maximum Gasteiger partial charge on any atom is 0.0708 e. The van der Waals surface area contributed by atoms with Crippen LogP contribution in [0.3, 0.4) is 0 Å². The molecule has 1 saturated carbocycles. The quantitative estimate of drug-likeness (QED) is 0.592. The molecule has 0 spiro atoms. The molecule has 0 heterocycles. The van der Waals surface area contributed by atoms with Gasteiger partial charge in [0.15, 0.2) is 0 Å². The second-order valence-corrected chi connectivity index (χ2v) is 8.74. The predicted molar refractivity (Wildman–Crippen MR) is 92.3 cm³/mol. The molecule has 0 aliphatic heterocycles. The first-order chi connectivity index (χ1) is 10.0. The van der Waals surface area contributed by atoms with Crippen molar-refractivity contribution in [1.82, 2.24) is 0 Å². The smallest absolute Gasteiger partial charge is 0.0708 e. The van der Waals surface area contributed by atoms with Crippen LogP contribution in [0.25, 0.3) is 0 Å². The lowest BCUT2D eigenvalue weighted by atomic mass is 9.77. The molecular formula is C19H38O3. The summed E-state index contributed by atoms with van der Waals surface area (Å²) in [5.74, 6) is 0.712. The largest absolute Gasteiger partial charge is 0.375 e. The van der Waals surface area contributed by atoms with E-state index in [4.69, 9.17) is 14.2 Å². The van der Waals surface area contributed by atoms with E-state index >= 15 is 0 Å². The highest BCUT2D eigenvalue weighted by Gasteiger charge is 2.38. The fraction of sp³-hybridized carbons (Fsp3) is 1.00. The number of hydrogen-bond donors (Lipinski definition) is 0. The zero-order valence-electron chi connectivity index (χ0n) is 16.0. The van der Waals surface area contributed by atoms with Gasteiger partial charge >= 0.3 is 0 Å². The van der Waals surface area contributed by atoms with Gasteiger partial charge in [0.2, 0.25) is 0 Å². The van der Waals surface area contributed by atoms with Crippen molar-refractivity contribution in [3.05, 3.63) is 0 Å². The molecule has 0 radical (unpaired) electrons. The molecule has 22 heavy (non-hydrogen) atoms. The van der Waals surface area contributed by atoms with Gasteiger partial charge in [0.05, 0.1) is 30.0 Å². The van der Waals surface area contributed by atoms with Gasteiger partial charge < -0.3 is 14.2 Å². The van der Waals surface area contributed by atoms with Crippen molar-refractivity contribution in [2.24, 2.45) is 5.92 Å². The maximum absolute atomic E-state index is 6.16. The zero-order valence-corrected chi connectivity index (χ0v) is 16.0. The summed E-state index contributed by atoms with van der Waals surface area (Å²) < 4.78 is 18.0. The fourth-order valence-corrected chi connectivity index (χ4v) is 2.77. The highest BCUT2D eigenvalue weighted by molar-refractivity contribution is 4.91. The number of hydrogen-bond acceptors (Lipinski definition) is 3. The van der Waals surface area contributed by atoms with Crippen molar-refractivity contribution in [1.29, 1.82) is 0 Å². The van der Waals surface area contributed by atoms with E-state index in [2.05, 4.69) is 48.5 Å². The Balaban J connectivity index is 2.27. The number of rotatable bonds is 8. The standard InChI is InChI=1S/C19H38O3/c1-16(2)8-13-21-18(6)9-11-19(7,12-10-18)22-15-14-20-17(3,4)5/h16H,8-15H2,1-7H3. The lowest BCUT2D eigenvalue weighted by Crippen LogP contribution is -2.43. The third kappa shape index (κ3) is 7.94. The normalized spacial score (nSPS) is 30.0. The Labute approximate surface area is 138 Å². The molecule has 1 rings (SSSR count). The molecule has 0 unspecified atom stereocenters. The Bertz CT molecular complexity index is 309. The highest BCUT2D eigenvalue weighted by atomic mass is 16.5. The first kappa shape index (κ1) is 19.9. The Hall–Kier alpha value is -0.120. The molecule has 132 valence electrons. The molecule has 3 heteroatoms. The van der Waals surface area contributed by atoms with E-state index in [9.17, 15) is 0 Å². The summed E-state index contributed by atoms with van der Waals surface area (Å²) in [5.41, 5.74) is -0.0541. The van der Waals surface area contributed by atoms with Gasteiger partial charge in [0, 0.05) is 6.61 Å². The lowest BCUT2D eigenvalue weighted by Gasteiger charge is -2.43. The van der Waals surface area contributed by atoms with Crippen molar-refractivity contribution in [3.63, 3.8) is 0 Å². The van der Waals surface area contributed by atoms with Crippen molar-refractivity contribution < 1.29 is 14.2 Å². The van der Waals surface area contributed by atoms with Gasteiger partial charge in [-0.3, -0.25) is 0 Å². The van der Waals surface area contributed by atoms with E-state index in [0.29, 0.717) is 19.1 Å². The van der Waals surface area contributed by atoms with Crippen molar-refractivity contribution >= 4 is 0 Å². The van der Waals surface area contributed by atoms with Crippen molar-refractivity contribution in [3.8, 4) is 0 Å². The van der Waals surface area contributed by atoms with Crippen LogP contribution in [-0.4, -0.2) is 36.6 Å². The van der Waals surface area contributed by atoms with E-state index < -0.39 is 0 Å². The van der Waals surface area contributed by atoms with E-state index in [0.717, 1.165) is 38.7 Å². The summed E-state index contributed by atoms with van der Waals surface area (Å²) in [6.07, 6.45) is 5.46. The number of ether oxygens (including phenoxy) is 3. The van der Waals surface area contributed by atoms with Crippen LogP contribution in [0.15, 0.2) is 0 Å². The van der Waals surface area contributed by atoms with E-state index in [-0.39, 0.29) is 16.8 Å². The van der Waals surface area contributed by atoms with Gasteiger partial charge in [0.1, 0.15) is 0 Å². The first-order valence-electron chi connectivity index (χ1n) is 8.96. The molecule has 1 aliphatic carbocycles. The zero-order chi connectivity index (χ0) is 16.9. The molecule has 0 aromatic rings. The minimum absolute atomic E-state index is 0.0117. The fourth-order valence-electron chi connectivity index (χ4n) is 2.77. The van der Waals surface area contributed by atoms with Crippen LogP contribution in [0.4, 0.5) is 0 Å². The molecule has 0 N–H and O–H groups in total. The van der Waals surface area contributed by atoms with Crippen LogP contribution >= 0.6 is 0 Å². The van der Waals surface area contributed by atoms with Gasteiger partial charge in [-0.15, -0.1) is 0 Å². The average molecular weight is 315 g/mol. The minimum Gasteiger partial charge on any atom is -0.375 e. The average Bonchev–Trinajstić information content (AvgIpc) is 2.38. The molecule has 0 atom stereocenters. The first-order valence-corrected chi connectivity index (χ1v) is 8.96. The summed E-state index contributed by atoms with van der Waals surface area (Å²) in [6, 6.07) is 0. The molecule has 1 fully saturated rings. The molecule has 0 amide bonds. The van der Waals surface area contributed by atoms with Gasteiger partial charge in [-0.25, -0.2) is 0 Å². The summed E-state index contributed by atoms with van der Waals surface area (Å²) in [6.45, 7) is 17.5. The molecule has 0 saturated heterocycles. The summed E-state index contributed by atoms with van der Waals surface area (Å²) in [4.78, 5) is 0. The summed E-state index contributed by atoms with van der Waals surface area (Å²) >= 11 is 0. The van der Waals surface area contributed by atoms with E-state index in [1.807, 2.05) is 0 Å². The van der Waals surface area contributed by atoms with Gasteiger partial charge in [-0.05, 0) is 72.6 Å². The minimum atomic E-state index is -0.0837. The van der Waals surface area contributed by atoms with Crippen LogP contribution in [-0.2, 0) is 14.2 Å². The molecule has 3 nitrogen and oxygen atoms in total. The lowest BCUT2D eigenvalue weighted by molar-refractivity contribution is -0.139. The Morgan fingerprint density at radius 3 is 1.68 bits per heavy atom. The van der Waals surface area contributed by atoms with E-state index in [1.54, 1.807) is 0 Å². The Morgan fingerprint density at radius 2 is 1.27 bits per heavy atom. The summed E-state index contributed by atoms with van der Waals surface area (Å²) in [5, 5.41) is 0. The van der Waals surface area contributed by atoms with Crippen LogP contribution in [0, 0.1) is 5.92 Å². The van der Waals surface area contributed by atoms with Gasteiger partial charge in [-0.2, -0.15) is 0 Å².